The number of amides is 2. The van der Waals surface area contributed by atoms with E-state index in [4.69, 9.17) is 9.15 Å². The van der Waals surface area contributed by atoms with Crippen molar-refractivity contribution in [1.82, 2.24) is 9.80 Å². The first-order valence-electron chi connectivity index (χ1n) is 10.9. The Morgan fingerprint density at radius 2 is 1.80 bits per heavy atom. The lowest BCUT2D eigenvalue weighted by Gasteiger charge is -2.29. The molecule has 6 heteroatoms. The molecule has 160 valence electrons. The fourth-order valence-electron chi connectivity index (χ4n) is 3.91. The minimum absolute atomic E-state index is 0.0378. The monoisotopic (exact) mass is 410 g/mol. The smallest absolute Gasteiger partial charge is 0.242 e. The predicted molar refractivity (Wildman–Crippen MR) is 112 cm³/mol. The summed E-state index contributed by atoms with van der Waals surface area (Å²) >= 11 is 0. The van der Waals surface area contributed by atoms with Gasteiger partial charge in [0.25, 0.3) is 0 Å². The molecule has 1 aliphatic carbocycles. The van der Waals surface area contributed by atoms with Crippen LogP contribution < -0.4 is 0 Å². The number of rotatable bonds is 9. The van der Waals surface area contributed by atoms with Crippen LogP contribution in [0.5, 0.6) is 0 Å². The molecule has 0 N–H and O–H groups in total. The highest BCUT2D eigenvalue weighted by atomic mass is 16.5. The van der Waals surface area contributed by atoms with Crippen molar-refractivity contribution in [3.63, 3.8) is 0 Å². The molecule has 2 amide bonds. The summed E-state index contributed by atoms with van der Waals surface area (Å²) in [5.41, 5.74) is 1.05. The summed E-state index contributed by atoms with van der Waals surface area (Å²) in [7, 11) is 0. The molecule has 1 atom stereocenters. The molecule has 1 aliphatic heterocycles. The van der Waals surface area contributed by atoms with Crippen molar-refractivity contribution in [2.45, 2.75) is 51.8 Å². The first kappa shape index (κ1) is 20.7. The van der Waals surface area contributed by atoms with Gasteiger partial charge in [0.15, 0.2) is 0 Å². The van der Waals surface area contributed by atoms with E-state index >= 15 is 0 Å². The number of hydrogen-bond donors (Lipinski definition) is 0. The SMILES string of the molecule is Cc1ccc(CN(Cc2ccccc2)C(=O)CN(CC2CCCO2)C(=O)C2CC2)o1. The van der Waals surface area contributed by atoms with E-state index < -0.39 is 0 Å². The van der Waals surface area contributed by atoms with Gasteiger partial charge < -0.3 is 19.0 Å². The average molecular weight is 411 g/mol. The first-order valence-corrected chi connectivity index (χ1v) is 10.9. The standard InChI is InChI=1S/C24H30N2O4/c1-18-9-12-22(30-18)16-25(14-19-6-3-2-4-7-19)23(27)17-26(24(28)20-10-11-20)15-21-8-5-13-29-21/h2-4,6-7,9,12,20-21H,5,8,10-11,13-17H2,1H3. The van der Waals surface area contributed by atoms with Crippen molar-refractivity contribution < 1.29 is 18.7 Å². The van der Waals surface area contributed by atoms with Gasteiger partial charge in [0, 0.05) is 25.6 Å². The Labute approximate surface area is 177 Å². The summed E-state index contributed by atoms with van der Waals surface area (Å²) in [5.74, 6) is 1.67. The Morgan fingerprint density at radius 3 is 2.43 bits per heavy atom. The van der Waals surface area contributed by atoms with Crippen LogP contribution in [0.4, 0.5) is 0 Å². The summed E-state index contributed by atoms with van der Waals surface area (Å²) in [6, 6.07) is 13.7. The van der Waals surface area contributed by atoms with Crippen molar-refractivity contribution in [3.8, 4) is 0 Å². The molecule has 0 spiro atoms. The number of nitrogens with zero attached hydrogens (tertiary/aromatic N) is 2. The molecule has 1 unspecified atom stereocenters. The number of aryl methyl sites for hydroxylation is 1. The van der Waals surface area contributed by atoms with Gasteiger partial charge in [-0.1, -0.05) is 30.3 Å². The molecule has 2 aromatic rings. The highest BCUT2D eigenvalue weighted by Gasteiger charge is 2.36. The Bertz CT molecular complexity index is 853. The van der Waals surface area contributed by atoms with E-state index in [0.717, 1.165) is 49.4 Å². The third-order valence-electron chi connectivity index (χ3n) is 5.72. The van der Waals surface area contributed by atoms with Gasteiger partial charge in [-0.05, 0) is 50.3 Å². The van der Waals surface area contributed by atoms with Gasteiger partial charge in [-0.15, -0.1) is 0 Å². The molecular weight excluding hydrogens is 380 g/mol. The van der Waals surface area contributed by atoms with E-state index in [-0.39, 0.29) is 30.4 Å². The number of carbonyl (C=O) groups is 2. The molecule has 30 heavy (non-hydrogen) atoms. The first-order chi connectivity index (χ1) is 14.6. The van der Waals surface area contributed by atoms with Crippen molar-refractivity contribution >= 4 is 11.8 Å². The van der Waals surface area contributed by atoms with Crippen LogP contribution in [0.25, 0.3) is 0 Å². The zero-order valence-electron chi connectivity index (χ0n) is 17.6. The summed E-state index contributed by atoms with van der Waals surface area (Å²) in [6.07, 6.45) is 3.85. The van der Waals surface area contributed by atoms with Crippen molar-refractivity contribution in [1.29, 1.82) is 0 Å². The second kappa shape index (κ2) is 9.47. The maximum Gasteiger partial charge on any atom is 0.242 e. The van der Waals surface area contributed by atoms with Crippen LogP contribution >= 0.6 is 0 Å². The highest BCUT2D eigenvalue weighted by molar-refractivity contribution is 5.87. The second-order valence-electron chi connectivity index (χ2n) is 8.38. The molecule has 0 radical (unpaired) electrons. The van der Waals surface area contributed by atoms with Gasteiger partial charge in [-0.25, -0.2) is 0 Å². The minimum Gasteiger partial charge on any atom is -0.464 e. The molecule has 0 bridgehead atoms. The number of furan rings is 1. The van der Waals surface area contributed by atoms with E-state index in [2.05, 4.69) is 0 Å². The van der Waals surface area contributed by atoms with Crippen LogP contribution in [-0.2, 0) is 27.4 Å². The molecule has 1 saturated heterocycles. The van der Waals surface area contributed by atoms with Gasteiger partial charge in [0.05, 0.1) is 19.2 Å². The van der Waals surface area contributed by atoms with Gasteiger partial charge in [-0.3, -0.25) is 9.59 Å². The van der Waals surface area contributed by atoms with Crippen LogP contribution in [0, 0.1) is 12.8 Å². The van der Waals surface area contributed by atoms with Gasteiger partial charge in [0.2, 0.25) is 11.8 Å². The van der Waals surface area contributed by atoms with Crippen LogP contribution in [0.1, 0.15) is 42.8 Å². The molecule has 1 aromatic heterocycles. The van der Waals surface area contributed by atoms with Crippen molar-refractivity contribution in [3.05, 3.63) is 59.5 Å². The molecule has 1 saturated carbocycles. The maximum atomic E-state index is 13.3. The zero-order valence-corrected chi connectivity index (χ0v) is 17.6. The predicted octanol–water partition coefficient (Wildman–Crippen LogP) is 3.53. The summed E-state index contributed by atoms with van der Waals surface area (Å²) in [6.45, 7) is 4.08. The molecule has 2 fully saturated rings. The lowest BCUT2D eigenvalue weighted by molar-refractivity contribution is -0.143. The fourth-order valence-corrected chi connectivity index (χ4v) is 3.91. The number of benzene rings is 1. The molecule has 2 aliphatic rings. The number of ether oxygens (including phenoxy) is 1. The minimum atomic E-state index is -0.0695. The topological polar surface area (TPSA) is 63.0 Å². The second-order valence-corrected chi connectivity index (χ2v) is 8.38. The molecular formula is C24H30N2O4. The third-order valence-corrected chi connectivity index (χ3v) is 5.72. The Balaban J connectivity index is 1.48. The zero-order chi connectivity index (χ0) is 20.9. The van der Waals surface area contributed by atoms with E-state index in [1.165, 1.54) is 0 Å². The Morgan fingerprint density at radius 1 is 1.00 bits per heavy atom. The summed E-state index contributed by atoms with van der Waals surface area (Å²) in [4.78, 5) is 29.7. The molecule has 6 nitrogen and oxygen atoms in total. The van der Waals surface area contributed by atoms with Crippen LogP contribution in [-0.4, -0.2) is 47.4 Å². The largest absolute Gasteiger partial charge is 0.464 e. The summed E-state index contributed by atoms with van der Waals surface area (Å²) < 4.78 is 11.5. The fraction of sp³-hybridized carbons (Fsp3) is 0.500. The lowest BCUT2D eigenvalue weighted by Crippen LogP contribution is -2.45. The van der Waals surface area contributed by atoms with Gasteiger partial charge in [0.1, 0.15) is 11.5 Å². The Kier molecular flexibility index (Phi) is 6.53. The van der Waals surface area contributed by atoms with Crippen molar-refractivity contribution in [2.75, 3.05) is 19.7 Å². The van der Waals surface area contributed by atoms with Gasteiger partial charge >= 0.3 is 0 Å². The normalized spacial score (nSPS) is 18.4. The Hall–Kier alpha value is -2.60. The van der Waals surface area contributed by atoms with Gasteiger partial charge in [-0.2, -0.15) is 0 Å². The molecule has 4 rings (SSSR count). The van der Waals surface area contributed by atoms with E-state index in [9.17, 15) is 9.59 Å². The average Bonchev–Trinajstić information content (AvgIpc) is 3.32. The molecule has 1 aromatic carbocycles. The van der Waals surface area contributed by atoms with E-state index in [1.54, 1.807) is 9.80 Å². The van der Waals surface area contributed by atoms with Crippen molar-refractivity contribution in [2.24, 2.45) is 5.92 Å². The van der Waals surface area contributed by atoms with E-state index in [0.29, 0.717) is 19.6 Å². The molecule has 2 heterocycles. The quantitative estimate of drug-likeness (QED) is 0.634. The maximum absolute atomic E-state index is 13.3. The summed E-state index contributed by atoms with van der Waals surface area (Å²) in [5, 5.41) is 0. The highest BCUT2D eigenvalue weighted by Crippen LogP contribution is 2.31. The lowest BCUT2D eigenvalue weighted by atomic mass is 10.2. The number of carbonyl (C=O) groups excluding carboxylic acids is 2. The number of hydrogen-bond acceptors (Lipinski definition) is 4. The van der Waals surface area contributed by atoms with Crippen LogP contribution in [0.15, 0.2) is 46.9 Å². The third kappa shape index (κ3) is 5.51. The van der Waals surface area contributed by atoms with Crippen LogP contribution in [0.2, 0.25) is 0 Å². The van der Waals surface area contributed by atoms with Crippen LogP contribution in [0.3, 0.4) is 0 Å². The van der Waals surface area contributed by atoms with E-state index in [1.807, 2.05) is 49.4 Å².